The molecule has 2 heterocycles. The molecule has 0 spiro atoms. The standard InChI is InChI=1S/C102H62N2O2/c1-3-27-67(28-4-1)101(81-41-15-11-37-77(81)97-73-35-9-7-31-69(73)89(59-83(97)101)103(87-43-21-39-75-71-33-13-17-45-91(71)105-99(75)87)85-57-53-65-49-47-61-23-19-25-63-51-55-79(85)95(65)93(61)63)102(68-29-5-2-6-30-68)82-42-16-12-38-78(82)98-74-36-10-8-32-70(74)90(60-84(98)102)104(88-44-22-40-76-72-34-14-18-46-92(72)106-100(76)88)86-58-54-66-50-48-62-24-20-26-64-52-56-80(86)96(66)94(62)64/h1-60,79,95H. The van der Waals surface area contributed by atoms with Crippen molar-refractivity contribution in [3.05, 3.63) is 413 Å². The predicted octanol–water partition coefficient (Wildman–Crippen LogP) is 26.9. The Morgan fingerprint density at radius 1 is 0.292 bits per heavy atom. The topological polar surface area (TPSA) is 32.8 Å². The lowest BCUT2D eigenvalue weighted by Gasteiger charge is -2.51. The molecule has 24 rings (SSSR count). The lowest BCUT2D eigenvalue weighted by Crippen LogP contribution is -2.50. The van der Waals surface area contributed by atoms with Crippen molar-refractivity contribution in [1.82, 2.24) is 0 Å². The van der Waals surface area contributed by atoms with E-state index in [1.807, 2.05) is 0 Å². The van der Waals surface area contributed by atoms with Gasteiger partial charge in [0.05, 0.1) is 39.3 Å². The van der Waals surface area contributed by atoms with Crippen LogP contribution in [0.3, 0.4) is 0 Å². The predicted molar refractivity (Wildman–Crippen MR) is 440 cm³/mol. The zero-order valence-electron chi connectivity index (χ0n) is 57.5. The second kappa shape index (κ2) is 21.5. The van der Waals surface area contributed by atoms with E-state index in [9.17, 15) is 0 Å². The van der Waals surface area contributed by atoms with Crippen molar-refractivity contribution in [2.24, 2.45) is 5.92 Å². The van der Waals surface area contributed by atoms with E-state index in [0.29, 0.717) is 0 Å². The fourth-order valence-electron chi connectivity index (χ4n) is 20.7. The van der Waals surface area contributed by atoms with Gasteiger partial charge in [0.15, 0.2) is 11.2 Å². The van der Waals surface area contributed by atoms with E-state index >= 15 is 0 Å². The lowest BCUT2D eigenvalue weighted by molar-refractivity contribution is 0.438. The summed E-state index contributed by atoms with van der Waals surface area (Å²) in [4.78, 5) is 5.21. The van der Waals surface area contributed by atoms with Crippen LogP contribution < -0.4 is 9.80 Å². The quantitative estimate of drug-likeness (QED) is 0.135. The molecule has 0 fully saturated rings. The van der Waals surface area contributed by atoms with E-state index in [2.05, 4.69) is 374 Å². The van der Waals surface area contributed by atoms with Crippen molar-refractivity contribution in [3.8, 4) is 22.3 Å². The molecule has 4 unspecified atom stereocenters. The highest BCUT2D eigenvalue weighted by Gasteiger charge is 2.65. The first-order valence-corrected chi connectivity index (χ1v) is 37.0. The number of furan rings is 2. The zero-order valence-corrected chi connectivity index (χ0v) is 57.5. The number of fused-ring (bicyclic) bond motifs is 16. The third-order valence-corrected chi connectivity index (χ3v) is 24.7. The van der Waals surface area contributed by atoms with Crippen LogP contribution in [0.2, 0.25) is 0 Å². The molecule has 0 radical (unpaired) electrons. The van der Waals surface area contributed by atoms with Gasteiger partial charge in [-0.25, -0.2) is 0 Å². The van der Waals surface area contributed by atoms with Crippen LogP contribution in [0.5, 0.6) is 0 Å². The number of nitrogens with zero attached hydrogens (tertiary/aromatic N) is 2. The van der Waals surface area contributed by atoms with Gasteiger partial charge in [-0.05, 0) is 164 Å². The maximum Gasteiger partial charge on any atom is 0.159 e. The van der Waals surface area contributed by atoms with Crippen LogP contribution in [0, 0.1) is 5.92 Å². The largest absolute Gasteiger partial charge is 0.454 e. The number of anilines is 5. The van der Waals surface area contributed by atoms with E-state index in [4.69, 9.17) is 8.83 Å². The number of para-hydroxylation sites is 4. The maximum atomic E-state index is 7.32. The smallest absolute Gasteiger partial charge is 0.159 e. The highest BCUT2D eigenvalue weighted by Crippen LogP contribution is 2.72. The Labute approximate surface area is 611 Å². The molecule has 492 valence electrons. The van der Waals surface area contributed by atoms with Crippen molar-refractivity contribution in [2.45, 2.75) is 16.7 Å². The highest BCUT2D eigenvalue weighted by molar-refractivity contribution is 6.27. The minimum Gasteiger partial charge on any atom is -0.454 e. The van der Waals surface area contributed by atoms with E-state index in [-0.39, 0.29) is 11.8 Å². The molecule has 0 N–H and O–H groups in total. The van der Waals surface area contributed by atoms with E-state index in [1.165, 1.54) is 121 Å². The van der Waals surface area contributed by atoms with Crippen molar-refractivity contribution in [3.63, 3.8) is 0 Å². The fraction of sp³-hybridized carbons (Fsp3) is 0.0392. The average molecular weight is 1350 g/mol. The summed E-state index contributed by atoms with van der Waals surface area (Å²) in [6.07, 6.45) is 14.4. The second-order valence-corrected chi connectivity index (χ2v) is 29.5. The molecule has 0 bridgehead atoms. The molecular weight excluding hydrogens is 1290 g/mol. The normalized spacial score (nSPS) is 17.9. The Morgan fingerprint density at radius 2 is 0.755 bits per heavy atom. The van der Waals surface area contributed by atoms with E-state index < -0.39 is 10.8 Å². The summed E-state index contributed by atoms with van der Waals surface area (Å²) in [6, 6.07) is 124. The molecule has 4 heteroatoms. The van der Waals surface area contributed by atoms with Gasteiger partial charge in [0.25, 0.3) is 0 Å². The van der Waals surface area contributed by atoms with Gasteiger partial charge >= 0.3 is 0 Å². The van der Waals surface area contributed by atoms with Crippen molar-refractivity contribution < 1.29 is 8.83 Å². The van der Waals surface area contributed by atoms with Crippen LogP contribution in [0.1, 0.15) is 56.0 Å². The van der Waals surface area contributed by atoms with Crippen LogP contribution in [-0.2, 0) is 10.8 Å². The zero-order chi connectivity index (χ0) is 69.1. The Hall–Kier alpha value is -13.5. The molecule has 0 aliphatic heterocycles. The van der Waals surface area contributed by atoms with Crippen molar-refractivity contribution in [2.75, 3.05) is 9.80 Å². The SMILES string of the molecule is C1=Cc2cccc3c2C2C1=CC=C(N(c1cc4c(c5ccccc15)-c1ccccc1C4(c1ccccc1)C1(c4ccccc4)c4ccccc4-c4c1cc(N(c1ccc5ccc6cccc7ccc1c5c67)c1cccc5c1oc1ccccc15)c1ccccc41)c1cccc4c1oc1ccccc14)C2C=C3. The molecule has 2 aromatic heterocycles. The van der Waals surface area contributed by atoms with Crippen LogP contribution in [0.25, 0.3) is 132 Å². The molecule has 17 aromatic carbocycles. The van der Waals surface area contributed by atoms with E-state index in [0.717, 1.165) is 88.5 Å². The van der Waals surface area contributed by atoms with E-state index in [1.54, 1.807) is 0 Å². The molecule has 4 nitrogen and oxygen atoms in total. The van der Waals surface area contributed by atoms with Gasteiger partial charge in [0, 0.05) is 55.2 Å². The molecule has 5 aliphatic rings. The molecule has 0 saturated carbocycles. The van der Waals surface area contributed by atoms with Gasteiger partial charge in [-0.1, -0.05) is 315 Å². The van der Waals surface area contributed by atoms with Gasteiger partial charge in [0.2, 0.25) is 0 Å². The van der Waals surface area contributed by atoms with Gasteiger partial charge in [-0.2, -0.15) is 0 Å². The molecule has 0 amide bonds. The van der Waals surface area contributed by atoms with Crippen LogP contribution in [0.15, 0.2) is 372 Å². The lowest BCUT2D eigenvalue weighted by atomic mass is 9.49. The minimum atomic E-state index is -1.05. The monoisotopic (exact) mass is 1350 g/mol. The summed E-state index contributed by atoms with van der Waals surface area (Å²) in [5, 5.41) is 16.2. The average Bonchev–Trinajstić information content (AvgIpc) is 1.47. The third kappa shape index (κ3) is 7.46. The van der Waals surface area contributed by atoms with Crippen molar-refractivity contribution >= 4 is 138 Å². The molecule has 5 aliphatic carbocycles. The number of hydrogen-bond acceptors (Lipinski definition) is 4. The molecule has 19 aromatic rings. The number of rotatable bonds is 9. The Morgan fingerprint density at radius 3 is 1.36 bits per heavy atom. The molecule has 4 atom stereocenters. The molecule has 0 saturated heterocycles. The van der Waals surface area contributed by atoms with Gasteiger partial charge in [0.1, 0.15) is 11.2 Å². The maximum absolute atomic E-state index is 7.32. The molecular formula is C102H62N2O2. The Bertz CT molecular complexity index is 7170. The summed E-state index contributed by atoms with van der Waals surface area (Å²) in [7, 11) is 0. The summed E-state index contributed by atoms with van der Waals surface area (Å²) in [5.74, 6) is 0.0441. The first-order valence-electron chi connectivity index (χ1n) is 37.0. The fourth-order valence-corrected chi connectivity index (χ4v) is 20.7. The highest BCUT2D eigenvalue weighted by atomic mass is 16.3. The van der Waals surface area contributed by atoms with Gasteiger partial charge in [-0.3, -0.25) is 0 Å². The summed E-state index contributed by atoms with van der Waals surface area (Å²) in [5.41, 5.74) is 25.0. The number of benzene rings is 17. The second-order valence-electron chi connectivity index (χ2n) is 29.5. The summed E-state index contributed by atoms with van der Waals surface area (Å²) in [6.45, 7) is 0. The summed E-state index contributed by atoms with van der Waals surface area (Å²) < 4.78 is 14.6. The van der Waals surface area contributed by atoms with Crippen molar-refractivity contribution in [1.29, 1.82) is 0 Å². The Balaban J connectivity index is 0.866. The van der Waals surface area contributed by atoms with Gasteiger partial charge < -0.3 is 18.6 Å². The van der Waals surface area contributed by atoms with Crippen LogP contribution in [-0.4, -0.2) is 0 Å². The first-order chi connectivity index (χ1) is 52.6. The van der Waals surface area contributed by atoms with Gasteiger partial charge in [-0.15, -0.1) is 0 Å². The Kier molecular flexibility index (Phi) is 11.8. The summed E-state index contributed by atoms with van der Waals surface area (Å²) >= 11 is 0. The number of allylic oxidation sites excluding steroid dienone is 5. The first kappa shape index (κ1) is 58.0. The van der Waals surface area contributed by atoms with Crippen LogP contribution in [0.4, 0.5) is 28.4 Å². The van der Waals surface area contributed by atoms with Crippen LogP contribution >= 0.6 is 0 Å². The third-order valence-electron chi connectivity index (χ3n) is 24.7. The number of hydrogen-bond donors (Lipinski definition) is 0. The minimum absolute atomic E-state index is 0.0426. The molecule has 106 heavy (non-hydrogen) atoms.